The maximum Gasteiger partial charge on any atom is 0.260 e. The summed E-state index contributed by atoms with van der Waals surface area (Å²) >= 11 is 9.18. The Labute approximate surface area is 121 Å². The van der Waals surface area contributed by atoms with Crippen molar-refractivity contribution in [1.29, 1.82) is 0 Å². The monoisotopic (exact) mass is 333 g/mol. The van der Waals surface area contributed by atoms with Crippen LogP contribution in [0.25, 0.3) is 0 Å². The van der Waals surface area contributed by atoms with Gasteiger partial charge in [0.1, 0.15) is 5.75 Å². The molecule has 0 fully saturated rings. The Morgan fingerprint density at radius 3 is 2.83 bits per heavy atom. The van der Waals surface area contributed by atoms with Crippen LogP contribution in [0.4, 0.5) is 0 Å². The van der Waals surface area contributed by atoms with E-state index in [1.165, 1.54) is 0 Å². The summed E-state index contributed by atoms with van der Waals surface area (Å²) in [6.45, 7) is 3.55. The van der Waals surface area contributed by atoms with E-state index in [-0.39, 0.29) is 12.5 Å². The Morgan fingerprint density at radius 1 is 1.44 bits per heavy atom. The van der Waals surface area contributed by atoms with Gasteiger partial charge in [-0.1, -0.05) is 40.5 Å². The summed E-state index contributed by atoms with van der Waals surface area (Å²) in [5.74, 6) is 0.613. The minimum absolute atomic E-state index is 0.00345. The topological polar surface area (TPSA) is 29.5 Å². The Bertz CT molecular complexity index is 381. The SMILES string of the molecule is CCCN(CCBr)C(=O)COc1cccc(Cl)c1. The molecule has 0 spiro atoms. The molecule has 0 saturated carbocycles. The van der Waals surface area contributed by atoms with Gasteiger partial charge in [-0.25, -0.2) is 0 Å². The second kappa shape index (κ2) is 8.38. The molecule has 0 aliphatic carbocycles. The fourth-order valence-corrected chi connectivity index (χ4v) is 2.13. The summed E-state index contributed by atoms with van der Waals surface area (Å²) in [6, 6.07) is 7.05. The fourth-order valence-electron chi connectivity index (χ4n) is 1.53. The molecule has 3 nitrogen and oxygen atoms in total. The lowest BCUT2D eigenvalue weighted by Crippen LogP contribution is -2.36. The van der Waals surface area contributed by atoms with Gasteiger partial charge in [-0.05, 0) is 24.6 Å². The van der Waals surface area contributed by atoms with Gasteiger partial charge < -0.3 is 9.64 Å². The first-order chi connectivity index (χ1) is 8.67. The highest BCUT2D eigenvalue weighted by Crippen LogP contribution is 2.17. The van der Waals surface area contributed by atoms with Crippen molar-refractivity contribution < 1.29 is 9.53 Å². The Kier molecular flexibility index (Phi) is 7.13. The standard InChI is InChI=1S/C13H17BrClNO2/c1-2-7-16(8-6-14)13(17)10-18-12-5-3-4-11(15)9-12/h3-5,9H,2,6-8,10H2,1H3. The van der Waals surface area contributed by atoms with Crippen LogP contribution in [0.5, 0.6) is 5.75 Å². The Balaban J connectivity index is 2.48. The average molecular weight is 335 g/mol. The lowest BCUT2D eigenvalue weighted by molar-refractivity contribution is -0.133. The molecule has 0 radical (unpaired) electrons. The van der Waals surface area contributed by atoms with Gasteiger partial charge in [0.25, 0.3) is 5.91 Å². The van der Waals surface area contributed by atoms with Crippen molar-refractivity contribution in [1.82, 2.24) is 4.90 Å². The highest BCUT2D eigenvalue weighted by molar-refractivity contribution is 9.09. The van der Waals surface area contributed by atoms with E-state index in [4.69, 9.17) is 16.3 Å². The Morgan fingerprint density at radius 2 is 2.22 bits per heavy atom. The molecule has 18 heavy (non-hydrogen) atoms. The van der Waals surface area contributed by atoms with Crippen LogP contribution in [0.2, 0.25) is 5.02 Å². The number of ether oxygens (including phenoxy) is 1. The average Bonchev–Trinajstić information content (AvgIpc) is 2.36. The molecule has 100 valence electrons. The van der Waals surface area contributed by atoms with Gasteiger partial charge >= 0.3 is 0 Å². The molecule has 0 unspecified atom stereocenters. The van der Waals surface area contributed by atoms with E-state index in [1.54, 1.807) is 29.2 Å². The smallest absolute Gasteiger partial charge is 0.260 e. The second-order valence-electron chi connectivity index (χ2n) is 3.82. The molecule has 1 aromatic carbocycles. The second-order valence-corrected chi connectivity index (χ2v) is 5.05. The van der Waals surface area contributed by atoms with Gasteiger partial charge in [0.15, 0.2) is 6.61 Å². The van der Waals surface area contributed by atoms with Crippen molar-refractivity contribution in [2.75, 3.05) is 25.0 Å². The first-order valence-electron chi connectivity index (χ1n) is 5.89. The summed E-state index contributed by atoms with van der Waals surface area (Å²) in [4.78, 5) is 13.7. The number of rotatable bonds is 7. The zero-order valence-electron chi connectivity index (χ0n) is 10.4. The van der Waals surface area contributed by atoms with Gasteiger partial charge in [0, 0.05) is 23.4 Å². The molecule has 0 N–H and O–H groups in total. The molecule has 5 heteroatoms. The molecule has 1 aromatic rings. The number of benzene rings is 1. The molecule has 0 saturated heterocycles. The molecule has 1 rings (SSSR count). The van der Waals surface area contributed by atoms with E-state index >= 15 is 0 Å². The number of amides is 1. The fraction of sp³-hybridized carbons (Fsp3) is 0.462. The number of hydrogen-bond acceptors (Lipinski definition) is 2. The largest absolute Gasteiger partial charge is 0.484 e. The maximum atomic E-state index is 11.9. The predicted molar refractivity (Wildman–Crippen MR) is 77.6 cm³/mol. The third-order valence-electron chi connectivity index (χ3n) is 2.36. The van der Waals surface area contributed by atoms with E-state index < -0.39 is 0 Å². The van der Waals surface area contributed by atoms with E-state index in [9.17, 15) is 4.79 Å². The van der Waals surface area contributed by atoms with E-state index in [2.05, 4.69) is 15.9 Å². The van der Waals surface area contributed by atoms with Gasteiger partial charge in [-0.15, -0.1) is 0 Å². The molecular formula is C13H17BrClNO2. The summed E-state index contributed by atoms with van der Waals surface area (Å²) in [7, 11) is 0. The van der Waals surface area contributed by atoms with E-state index in [1.807, 2.05) is 6.92 Å². The number of hydrogen-bond donors (Lipinski definition) is 0. The number of carbonyl (C=O) groups excluding carboxylic acids is 1. The third-order valence-corrected chi connectivity index (χ3v) is 2.95. The number of carbonyl (C=O) groups is 1. The predicted octanol–water partition coefficient (Wildman–Crippen LogP) is 3.35. The summed E-state index contributed by atoms with van der Waals surface area (Å²) < 4.78 is 5.43. The first-order valence-corrected chi connectivity index (χ1v) is 7.39. The summed E-state index contributed by atoms with van der Waals surface area (Å²) in [5.41, 5.74) is 0. The molecule has 0 bridgehead atoms. The molecule has 0 aliphatic rings. The van der Waals surface area contributed by atoms with Crippen LogP contribution in [-0.4, -0.2) is 35.8 Å². The van der Waals surface area contributed by atoms with Crippen molar-refractivity contribution in [3.63, 3.8) is 0 Å². The Hall–Kier alpha value is -0.740. The van der Waals surface area contributed by atoms with Crippen molar-refractivity contribution in [3.05, 3.63) is 29.3 Å². The lowest BCUT2D eigenvalue weighted by atomic mass is 10.3. The van der Waals surface area contributed by atoms with Crippen LogP contribution >= 0.6 is 27.5 Å². The minimum Gasteiger partial charge on any atom is -0.484 e. The van der Waals surface area contributed by atoms with Crippen molar-refractivity contribution in [2.24, 2.45) is 0 Å². The normalized spacial score (nSPS) is 10.2. The van der Waals surface area contributed by atoms with Crippen molar-refractivity contribution >= 4 is 33.4 Å². The number of alkyl halides is 1. The van der Waals surface area contributed by atoms with Crippen molar-refractivity contribution in [2.45, 2.75) is 13.3 Å². The highest BCUT2D eigenvalue weighted by atomic mass is 79.9. The third kappa shape index (κ3) is 5.27. The van der Waals surface area contributed by atoms with Gasteiger partial charge in [-0.2, -0.15) is 0 Å². The van der Waals surface area contributed by atoms with E-state index in [0.29, 0.717) is 17.3 Å². The zero-order valence-corrected chi connectivity index (χ0v) is 12.7. The molecule has 0 heterocycles. The van der Waals surface area contributed by atoms with Gasteiger partial charge in [0.2, 0.25) is 0 Å². The van der Waals surface area contributed by atoms with Crippen LogP contribution < -0.4 is 4.74 Å². The quantitative estimate of drug-likeness (QED) is 0.716. The molecule has 0 atom stereocenters. The van der Waals surface area contributed by atoms with Gasteiger partial charge in [-0.3, -0.25) is 4.79 Å². The maximum absolute atomic E-state index is 11.9. The molecule has 1 amide bonds. The molecular weight excluding hydrogens is 318 g/mol. The first kappa shape index (κ1) is 15.3. The van der Waals surface area contributed by atoms with Crippen LogP contribution in [0.3, 0.4) is 0 Å². The summed E-state index contributed by atoms with van der Waals surface area (Å²) in [5, 5.41) is 1.38. The molecule has 0 aromatic heterocycles. The van der Waals surface area contributed by atoms with Crippen LogP contribution in [0.1, 0.15) is 13.3 Å². The van der Waals surface area contributed by atoms with E-state index in [0.717, 1.165) is 18.3 Å². The number of nitrogens with zero attached hydrogens (tertiary/aromatic N) is 1. The minimum atomic E-state index is -0.00345. The van der Waals surface area contributed by atoms with Crippen molar-refractivity contribution in [3.8, 4) is 5.75 Å². The lowest BCUT2D eigenvalue weighted by Gasteiger charge is -2.21. The zero-order chi connectivity index (χ0) is 13.4. The van der Waals surface area contributed by atoms with Crippen LogP contribution in [-0.2, 0) is 4.79 Å². The number of halogens is 2. The van der Waals surface area contributed by atoms with Gasteiger partial charge in [0.05, 0.1) is 0 Å². The highest BCUT2D eigenvalue weighted by Gasteiger charge is 2.12. The van der Waals surface area contributed by atoms with Crippen LogP contribution in [0, 0.1) is 0 Å². The summed E-state index contributed by atoms with van der Waals surface area (Å²) in [6.07, 6.45) is 0.940. The molecule has 0 aliphatic heterocycles. The van der Waals surface area contributed by atoms with Crippen LogP contribution in [0.15, 0.2) is 24.3 Å².